The minimum Gasteiger partial charge on any atom is -0.378 e. The summed E-state index contributed by atoms with van der Waals surface area (Å²) in [4.78, 5) is 0. The molecule has 0 saturated carbocycles. The van der Waals surface area contributed by atoms with Gasteiger partial charge in [-0.25, -0.2) is 4.39 Å². The molecule has 1 atom stereocenters. The fourth-order valence-corrected chi connectivity index (χ4v) is 2.57. The molecule has 0 bridgehead atoms. The largest absolute Gasteiger partial charge is 0.378 e. The lowest BCUT2D eigenvalue weighted by Gasteiger charge is -2.21. The van der Waals surface area contributed by atoms with Crippen LogP contribution in [-0.2, 0) is 6.42 Å². The summed E-state index contributed by atoms with van der Waals surface area (Å²) in [5, 5.41) is 3.44. The smallest absolute Gasteiger partial charge is 0.125 e. The number of nitrogens with one attached hydrogen (secondary N) is 1. The van der Waals surface area contributed by atoms with Crippen molar-refractivity contribution in [1.82, 2.24) is 0 Å². The molecule has 22 heavy (non-hydrogen) atoms. The maximum absolute atomic E-state index is 13.4. The molecular weight excluding hydrogens is 273 g/mol. The summed E-state index contributed by atoms with van der Waals surface area (Å²) in [6, 6.07) is 27.3. The van der Waals surface area contributed by atoms with Crippen molar-refractivity contribution in [3.63, 3.8) is 0 Å². The van der Waals surface area contributed by atoms with Crippen molar-refractivity contribution in [2.24, 2.45) is 0 Å². The van der Waals surface area contributed by atoms with Crippen LogP contribution < -0.4 is 5.32 Å². The molecule has 3 rings (SSSR count). The van der Waals surface area contributed by atoms with Gasteiger partial charge in [0.1, 0.15) is 5.82 Å². The zero-order chi connectivity index (χ0) is 15.2. The molecule has 0 spiro atoms. The maximum atomic E-state index is 13.4. The van der Waals surface area contributed by atoms with E-state index in [2.05, 4.69) is 29.6 Å². The minimum atomic E-state index is -0.225. The molecule has 1 nitrogen and oxygen atoms in total. The Bertz CT molecular complexity index is 710. The zero-order valence-corrected chi connectivity index (χ0v) is 12.2. The van der Waals surface area contributed by atoms with E-state index in [1.807, 2.05) is 42.5 Å². The Kier molecular flexibility index (Phi) is 4.50. The molecular formula is C20H18FN. The number of hydrogen-bond acceptors (Lipinski definition) is 1. The average Bonchev–Trinajstić information content (AvgIpc) is 2.56. The van der Waals surface area contributed by atoms with Crippen LogP contribution in [0.5, 0.6) is 0 Å². The molecule has 1 unspecified atom stereocenters. The second-order valence-corrected chi connectivity index (χ2v) is 5.31. The van der Waals surface area contributed by atoms with Crippen molar-refractivity contribution in [1.29, 1.82) is 0 Å². The SMILES string of the molecule is Fc1cccc(NC(Cc2ccccc2)c2ccccc2)c1. The number of halogens is 1. The lowest BCUT2D eigenvalue weighted by molar-refractivity contribution is 0.627. The van der Waals surface area contributed by atoms with E-state index in [0.717, 1.165) is 12.1 Å². The second-order valence-electron chi connectivity index (χ2n) is 5.31. The van der Waals surface area contributed by atoms with Crippen molar-refractivity contribution < 1.29 is 4.39 Å². The third-order valence-corrected chi connectivity index (χ3v) is 3.65. The standard InChI is InChI=1S/C20H18FN/c21-18-12-7-13-19(15-18)22-20(17-10-5-2-6-11-17)14-16-8-3-1-4-9-16/h1-13,15,20,22H,14H2. The Hall–Kier alpha value is -2.61. The lowest BCUT2D eigenvalue weighted by atomic mass is 9.98. The highest BCUT2D eigenvalue weighted by molar-refractivity contribution is 5.46. The van der Waals surface area contributed by atoms with Crippen LogP contribution in [0.2, 0.25) is 0 Å². The number of anilines is 1. The third kappa shape index (κ3) is 3.73. The van der Waals surface area contributed by atoms with Crippen LogP contribution in [0.15, 0.2) is 84.9 Å². The minimum absolute atomic E-state index is 0.102. The predicted octanol–water partition coefficient (Wildman–Crippen LogP) is 5.22. The highest BCUT2D eigenvalue weighted by Crippen LogP contribution is 2.24. The normalized spacial score (nSPS) is 11.9. The molecule has 0 heterocycles. The topological polar surface area (TPSA) is 12.0 Å². The summed E-state index contributed by atoms with van der Waals surface area (Å²) < 4.78 is 13.4. The Labute approximate surface area is 130 Å². The third-order valence-electron chi connectivity index (χ3n) is 3.65. The first-order chi connectivity index (χ1) is 10.8. The Morgan fingerprint density at radius 2 is 1.45 bits per heavy atom. The van der Waals surface area contributed by atoms with Crippen LogP contribution in [-0.4, -0.2) is 0 Å². The molecule has 3 aromatic carbocycles. The molecule has 2 heteroatoms. The van der Waals surface area contributed by atoms with Gasteiger partial charge in [0.25, 0.3) is 0 Å². The van der Waals surface area contributed by atoms with Gasteiger partial charge in [0, 0.05) is 5.69 Å². The summed E-state index contributed by atoms with van der Waals surface area (Å²) in [6.07, 6.45) is 0.849. The monoisotopic (exact) mass is 291 g/mol. The number of hydrogen-bond donors (Lipinski definition) is 1. The lowest BCUT2D eigenvalue weighted by Crippen LogP contribution is -2.13. The van der Waals surface area contributed by atoms with E-state index >= 15 is 0 Å². The van der Waals surface area contributed by atoms with Gasteiger partial charge >= 0.3 is 0 Å². The van der Waals surface area contributed by atoms with E-state index in [9.17, 15) is 4.39 Å². The zero-order valence-electron chi connectivity index (χ0n) is 12.2. The van der Waals surface area contributed by atoms with Crippen molar-refractivity contribution >= 4 is 5.69 Å². The van der Waals surface area contributed by atoms with Crippen LogP contribution in [0, 0.1) is 5.82 Å². The van der Waals surface area contributed by atoms with E-state index in [0.29, 0.717) is 0 Å². The second kappa shape index (κ2) is 6.90. The summed E-state index contributed by atoms with van der Waals surface area (Å²) in [6.45, 7) is 0. The molecule has 0 fully saturated rings. The van der Waals surface area contributed by atoms with Crippen LogP contribution in [0.25, 0.3) is 0 Å². The predicted molar refractivity (Wildman–Crippen MR) is 89.4 cm³/mol. The first kappa shape index (κ1) is 14.3. The fraction of sp³-hybridized carbons (Fsp3) is 0.100. The van der Waals surface area contributed by atoms with Crippen molar-refractivity contribution in [2.75, 3.05) is 5.32 Å². The van der Waals surface area contributed by atoms with Gasteiger partial charge in [0.2, 0.25) is 0 Å². The number of rotatable bonds is 5. The first-order valence-corrected chi connectivity index (χ1v) is 7.42. The highest BCUT2D eigenvalue weighted by atomic mass is 19.1. The average molecular weight is 291 g/mol. The summed E-state index contributed by atoms with van der Waals surface area (Å²) in [5.74, 6) is -0.225. The molecule has 0 radical (unpaired) electrons. The highest BCUT2D eigenvalue weighted by Gasteiger charge is 2.12. The van der Waals surface area contributed by atoms with Crippen molar-refractivity contribution in [3.8, 4) is 0 Å². The Morgan fingerprint density at radius 3 is 2.14 bits per heavy atom. The summed E-state index contributed by atoms with van der Waals surface area (Å²) in [5.41, 5.74) is 3.24. The molecule has 110 valence electrons. The van der Waals surface area contributed by atoms with Crippen LogP contribution >= 0.6 is 0 Å². The molecule has 0 aromatic heterocycles. The first-order valence-electron chi connectivity index (χ1n) is 7.42. The van der Waals surface area contributed by atoms with E-state index < -0.39 is 0 Å². The van der Waals surface area contributed by atoms with Gasteiger partial charge in [-0.3, -0.25) is 0 Å². The maximum Gasteiger partial charge on any atom is 0.125 e. The van der Waals surface area contributed by atoms with Crippen molar-refractivity contribution in [3.05, 3.63) is 102 Å². The van der Waals surface area contributed by atoms with Gasteiger partial charge in [-0.2, -0.15) is 0 Å². The van der Waals surface area contributed by atoms with Gasteiger partial charge in [0.05, 0.1) is 6.04 Å². The molecule has 0 saturated heterocycles. The molecule has 0 aliphatic rings. The summed E-state index contributed by atoms with van der Waals surface area (Å²) in [7, 11) is 0. The number of benzene rings is 3. The van der Waals surface area contributed by atoms with Gasteiger partial charge in [-0.1, -0.05) is 66.7 Å². The van der Waals surface area contributed by atoms with Gasteiger partial charge in [-0.05, 0) is 35.7 Å². The molecule has 3 aromatic rings. The van der Waals surface area contributed by atoms with Crippen LogP contribution in [0.3, 0.4) is 0 Å². The Morgan fingerprint density at radius 1 is 0.773 bits per heavy atom. The van der Waals surface area contributed by atoms with Crippen LogP contribution in [0.4, 0.5) is 10.1 Å². The summed E-state index contributed by atoms with van der Waals surface area (Å²) >= 11 is 0. The fourth-order valence-electron chi connectivity index (χ4n) is 2.57. The van der Waals surface area contributed by atoms with E-state index in [1.165, 1.54) is 23.3 Å². The molecule has 0 aliphatic heterocycles. The Balaban J connectivity index is 1.86. The molecule has 0 amide bonds. The van der Waals surface area contributed by atoms with Gasteiger partial charge < -0.3 is 5.32 Å². The van der Waals surface area contributed by atoms with Crippen LogP contribution in [0.1, 0.15) is 17.2 Å². The quantitative estimate of drug-likeness (QED) is 0.679. The van der Waals surface area contributed by atoms with Gasteiger partial charge in [-0.15, -0.1) is 0 Å². The van der Waals surface area contributed by atoms with Gasteiger partial charge in [0.15, 0.2) is 0 Å². The van der Waals surface area contributed by atoms with E-state index in [-0.39, 0.29) is 11.9 Å². The van der Waals surface area contributed by atoms with E-state index in [1.54, 1.807) is 6.07 Å². The molecule has 1 N–H and O–H groups in total. The van der Waals surface area contributed by atoms with Crippen molar-refractivity contribution in [2.45, 2.75) is 12.5 Å². The van der Waals surface area contributed by atoms with E-state index in [4.69, 9.17) is 0 Å². The molecule has 0 aliphatic carbocycles.